The fourth-order valence-electron chi connectivity index (χ4n) is 3.65. The van der Waals surface area contributed by atoms with Crippen LogP contribution in [0.15, 0.2) is 73.7 Å². The van der Waals surface area contributed by atoms with Crippen molar-refractivity contribution >= 4 is 33.5 Å². The maximum absolute atomic E-state index is 4.09. The Hall–Kier alpha value is -3.53. The smallest absolute Gasteiger partial charge is 0.0532 e. The number of anilines is 3. The molecular formula is C25H26N4. The predicted octanol–water partition coefficient (Wildman–Crippen LogP) is 6.30. The van der Waals surface area contributed by atoms with Crippen LogP contribution in [0.3, 0.4) is 0 Å². The van der Waals surface area contributed by atoms with Crippen LogP contribution >= 0.6 is 0 Å². The molecule has 2 aromatic heterocycles. The van der Waals surface area contributed by atoms with Gasteiger partial charge in [0, 0.05) is 53.1 Å². The molecule has 4 nitrogen and oxygen atoms in total. The lowest BCUT2D eigenvalue weighted by atomic mass is 10.0. The van der Waals surface area contributed by atoms with E-state index in [2.05, 4.69) is 76.7 Å². The second-order valence-electron chi connectivity index (χ2n) is 7.39. The lowest BCUT2D eigenvalue weighted by molar-refractivity contribution is 1.03. The van der Waals surface area contributed by atoms with E-state index in [-0.39, 0.29) is 0 Å². The Kier molecular flexibility index (Phi) is 5.34. The van der Waals surface area contributed by atoms with E-state index in [1.54, 1.807) is 12.4 Å². The summed E-state index contributed by atoms with van der Waals surface area (Å²) < 4.78 is 0. The highest BCUT2D eigenvalue weighted by atomic mass is 14.9. The van der Waals surface area contributed by atoms with Gasteiger partial charge in [-0.05, 0) is 67.3 Å². The molecule has 0 amide bonds. The Morgan fingerprint density at radius 3 is 2.66 bits per heavy atom. The topological polar surface area (TPSA) is 52.7 Å². The highest BCUT2D eigenvalue weighted by Crippen LogP contribution is 2.27. The number of H-pyrrole nitrogens is 1. The number of aromatic amines is 1. The number of aryl methyl sites for hydroxylation is 1. The summed E-state index contributed by atoms with van der Waals surface area (Å²) in [6.45, 7) is 9.14. The van der Waals surface area contributed by atoms with E-state index in [4.69, 9.17) is 0 Å². The Balaban J connectivity index is 1.41. The van der Waals surface area contributed by atoms with Crippen molar-refractivity contribution in [2.45, 2.75) is 20.3 Å². The largest absolute Gasteiger partial charge is 0.384 e. The normalized spacial score (nSPS) is 10.8. The summed E-state index contributed by atoms with van der Waals surface area (Å²) in [4.78, 5) is 7.48. The quantitative estimate of drug-likeness (QED) is 0.351. The molecule has 29 heavy (non-hydrogen) atoms. The third-order valence-corrected chi connectivity index (χ3v) is 5.17. The molecule has 3 N–H and O–H groups in total. The van der Waals surface area contributed by atoms with Gasteiger partial charge < -0.3 is 15.6 Å². The van der Waals surface area contributed by atoms with E-state index in [1.165, 1.54) is 27.6 Å². The number of allylic oxidation sites excluding steroid dienone is 1. The van der Waals surface area contributed by atoms with E-state index in [9.17, 15) is 0 Å². The number of fused-ring (bicyclic) bond motifs is 1. The predicted molar refractivity (Wildman–Crippen MR) is 124 cm³/mol. The van der Waals surface area contributed by atoms with Gasteiger partial charge >= 0.3 is 0 Å². The lowest BCUT2D eigenvalue weighted by Crippen LogP contribution is -2.06. The van der Waals surface area contributed by atoms with Gasteiger partial charge in [0.05, 0.1) is 5.52 Å². The number of pyridine rings is 1. The van der Waals surface area contributed by atoms with Crippen molar-refractivity contribution in [1.29, 1.82) is 0 Å². The molecule has 4 heteroatoms. The van der Waals surface area contributed by atoms with E-state index in [1.807, 2.05) is 19.1 Å². The SMILES string of the molecule is C=C(C)c1cccc2c(CCNc3ccc(Nc4ccncc4)cc3C)c[nH]c12. The van der Waals surface area contributed by atoms with Gasteiger partial charge in [-0.3, -0.25) is 4.98 Å². The summed E-state index contributed by atoms with van der Waals surface area (Å²) in [5, 5.41) is 8.26. The molecule has 4 aromatic rings. The first kappa shape index (κ1) is 18.8. The molecule has 2 heterocycles. The molecule has 0 spiro atoms. The zero-order valence-electron chi connectivity index (χ0n) is 16.9. The van der Waals surface area contributed by atoms with Crippen molar-refractivity contribution in [2.75, 3.05) is 17.2 Å². The highest BCUT2D eigenvalue weighted by molar-refractivity contribution is 5.92. The van der Waals surface area contributed by atoms with Crippen molar-refractivity contribution in [3.63, 3.8) is 0 Å². The summed E-state index contributed by atoms with van der Waals surface area (Å²) in [6.07, 6.45) is 6.65. The molecular weight excluding hydrogens is 356 g/mol. The summed E-state index contributed by atoms with van der Waals surface area (Å²) in [6, 6.07) is 16.7. The standard InChI is InChI=1S/C25H26N4/c1-17(2)22-5-4-6-23-19(16-28-25(22)23)9-14-27-24-8-7-21(15-18(24)3)29-20-10-12-26-13-11-20/h4-8,10-13,15-16,27-28H,1,9,14H2,2-3H3,(H,26,29). The van der Waals surface area contributed by atoms with E-state index in [0.717, 1.165) is 35.6 Å². The fraction of sp³-hybridized carbons (Fsp3) is 0.160. The van der Waals surface area contributed by atoms with Gasteiger partial charge in [-0.15, -0.1) is 0 Å². The van der Waals surface area contributed by atoms with Crippen molar-refractivity contribution in [3.8, 4) is 0 Å². The van der Waals surface area contributed by atoms with E-state index >= 15 is 0 Å². The molecule has 4 rings (SSSR count). The minimum atomic E-state index is 0.877. The number of aromatic nitrogens is 2. The average Bonchev–Trinajstić information content (AvgIpc) is 3.13. The van der Waals surface area contributed by atoms with Crippen LogP contribution in [0, 0.1) is 6.92 Å². The first-order chi connectivity index (χ1) is 14.1. The Labute approximate surface area is 171 Å². The molecule has 0 radical (unpaired) electrons. The molecule has 0 bridgehead atoms. The van der Waals surface area contributed by atoms with E-state index < -0.39 is 0 Å². The third-order valence-electron chi connectivity index (χ3n) is 5.17. The van der Waals surface area contributed by atoms with Gasteiger partial charge in [-0.1, -0.05) is 24.8 Å². The molecule has 0 aliphatic carbocycles. The third kappa shape index (κ3) is 4.16. The number of hydrogen-bond acceptors (Lipinski definition) is 3. The summed E-state index contributed by atoms with van der Waals surface area (Å²) >= 11 is 0. The number of nitrogens with one attached hydrogen (secondary N) is 3. The maximum atomic E-state index is 4.09. The van der Waals surface area contributed by atoms with E-state index in [0.29, 0.717) is 0 Å². The van der Waals surface area contributed by atoms with Crippen molar-refractivity contribution in [1.82, 2.24) is 9.97 Å². The van der Waals surface area contributed by atoms with Gasteiger partial charge in [0.2, 0.25) is 0 Å². The van der Waals surface area contributed by atoms with Crippen molar-refractivity contribution in [2.24, 2.45) is 0 Å². The van der Waals surface area contributed by atoms with Crippen LogP contribution in [-0.4, -0.2) is 16.5 Å². The van der Waals surface area contributed by atoms with Crippen LogP contribution in [0.5, 0.6) is 0 Å². The van der Waals surface area contributed by atoms with Crippen LogP contribution < -0.4 is 10.6 Å². The first-order valence-corrected chi connectivity index (χ1v) is 9.88. The average molecular weight is 383 g/mol. The Morgan fingerprint density at radius 2 is 1.90 bits per heavy atom. The van der Waals surface area contributed by atoms with Gasteiger partial charge in [0.15, 0.2) is 0 Å². The van der Waals surface area contributed by atoms with Crippen molar-refractivity contribution in [3.05, 3.63) is 90.4 Å². The van der Waals surface area contributed by atoms with Crippen LogP contribution in [0.4, 0.5) is 17.1 Å². The van der Waals surface area contributed by atoms with Crippen LogP contribution in [0.1, 0.15) is 23.6 Å². The number of nitrogens with zero attached hydrogens (tertiary/aromatic N) is 1. The summed E-state index contributed by atoms with van der Waals surface area (Å²) in [5.74, 6) is 0. The van der Waals surface area contributed by atoms with Gasteiger partial charge in [0.1, 0.15) is 0 Å². The molecule has 0 aliphatic rings. The zero-order chi connectivity index (χ0) is 20.2. The Morgan fingerprint density at radius 1 is 1.07 bits per heavy atom. The summed E-state index contributed by atoms with van der Waals surface area (Å²) in [7, 11) is 0. The number of rotatable bonds is 7. The lowest BCUT2D eigenvalue weighted by Gasteiger charge is -2.12. The van der Waals surface area contributed by atoms with Crippen LogP contribution in [0.2, 0.25) is 0 Å². The second-order valence-corrected chi connectivity index (χ2v) is 7.39. The highest BCUT2D eigenvalue weighted by Gasteiger charge is 2.08. The molecule has 0 fully saturated rings. The Bertz CT molecular complexity index is 1140. The molecule has 0 aliphatic heterocycles. The molecule has 0 unspecified atom stereocenters. The minimum absolute atomic E-state index is 0.877. The molecule has 0 atom stereocenters. The van der Waals surface area contributed by atoms with Gasteiger partial charge in [-0.2, -0.15) is 0 Å². The first-order valence-electron chi connectivity index (χ1n) is 9.88. The van der Waals surface area contributed by atoms with Gasteiger partial charge in [0.25, 0.3) is 0 Å². The fourth-order valence-corrected chi connectivity index (χ4v) is 3.65. The molecule has 2 aromatic carbocycles. The van der Waals surface area contributed by atoms with Crippen LogP contribution in [-0.2, 0) is 6.42 Å². The van der Waals surface area contributed by atoms with Gasteiger partial charge in [-0.25, -0.2) is 0 Å². The van der Waals surface area contributed by atoms with Crippen molar-refractivity contribution < 1.29 is 0 Å². The number of para-hydroxylation sites is 1. The summed E-state index contributed by atoms with van der Waals surface area (Å²) in [5.41, 5.74) is 9.26. The molecule has 0 saturated heterocycles. The second kappa shape index (κ2) is 8.23. The maximum Gasteiger partial charge on any atom is 0.0532 e. The monoisotopic (exact) mass is 382 g/mol. The van der Waals surface area contributed by atoms with Crippen LogP contribution in [0.25, 0.3) is 16.5 Å². The minimum Gasteiger partial charge on any atom is -0.384 e. The number of hydrogen-bond donors (Lipinski definition) is 3. The molecule has 146 valence electrons. The number of benzene rings is 2. The molecule has 0 saturated carbocycles. The zero-order valence-corrected chi connectivity index (χ0v) is 16.9.